The standard InChI is InChI=1S/C26H31ClN6O4.C17H25N3O3.C9H7Cl2N3O/c1-15-21(16(2)37-32-15)22-20(27)14-28-24(31-22)29-19-10-12-33(13-11-19)23(34)17-6-8-18(9-7-17)30-25(35)36-26(3,4)5;1-17(2,3)23-16(22)19-14-6-4-12(5-7-14)15(21)20-10-8-13(18)9-11-20;1-4-7(5(2)15-14-4)8-6(10)3-12-9(11)13-8/h6-9,14,19H,10-13H2,1-5H3,(H,30,35)(H,28,29,31);4-7,13H,8-11,18H2,1-3H3,(H,19,22);3H,1-2H3. The van der Waals surface area contributed by atoms with Crippen molar-refractivity contribution in [2.75, 3.05) is 42.1 Å². The number of carbonyl (C=O) groups excluding carboxylic acids is 4. The minimum Gasteiger partial charge on any atom is -0.444 e. The Morgan fingerprint density at radius 3 is 1.41 bits per heavy atom. The smallest absolute Gasteiger partial charge is 0.412 e. The summed E-state index contributed by atoms with van der Waals surface area (Å²) in [7, 11) is 0. The largest absolute Gasteiger partial charge is 0.444 e. The van der Waals surface area contributed by atoms with Crippen LogP contribution in [0.1, 0.15) is 111 Å². The molecular formula is C52H63Cl3N12O8. The van der Waals surface area contributed by atoms with E-state index < -0.39 is 23.4 Å². The number of ether oxygens (including phenoxy) is 2. The maximum atomic E-state index is 13.0. The average Bonchev–Trinajstić information content (AvgIpc) is 3.87. The fourth-order valence-corrected chi connectivity index (χ4v) is 8.39. The second-order valence-corrected chi connectivity index (χ2v) is 21.0. The number of nitrogens with two attached hydrogens (primary N) is 1. The number of benzene rings is 2. The van der Waals surface area contributed by atoms with E-state index in [1.165, 1.54) is 6.20 Å². The second-order valence-electron chi connectivity index (χ2n) is 19.9. The molecule has 0 saturated carbocycles. The van der Waals surface area contributed by atoms with Crippen LogP contribution in [-0.4, -0.2) is 114 Å². The van der Waals surface area contributed by atoms with Crippen LogP contribution in [0.5, 0.6) is 0 Å². The summed E-state index contributed by atoms with van der Waals surface area (Å²) >= 11 is 18.0. The van der Waals surface area contributed by atoms with Crippen molar-refractivity contribution < 1.29 is 37.7 Å². The number of aromatic nitrogens is 6. The van der Waals surface area contributed by atoms with Gasteiger partial charge in [0.05, 0.1) is 56.3 Å². The summed E-state index contributed by atoms with van der Waals surface area (Å²) < 4.78 is 20.7. The molecule has 0 bridgehead atoms. The third-order valence-electron chi connectivity index (χ3n) is 11.5. The van der Waals surface area contributed by atoms with Crippen LogP contribution in [0.2, 0.25) is 15.3 Å². The number of rotatable bonds is 8. The first kappa shape index (κ1) is 57.4. The molecule has 0 aliphatic carbocycles. The third kappa shape index (κ3) is 16.6. The van der Waals surface area contributed by atoms with Gasteiger partial charge in [-0.05, 0) is 155 Å². The number of likely N-dealkylation sites (tertiary alicyclic amines) is 2. The molecule has 2 aliphatic rings. The average molecular weight is 1090 g/mol. The Labute approximate surface area is 450 Å². The predicted octanol–water partition coefficient (Wildman–Crippen LogP) is 11.1. The first-order chi connectivity index (χ1) is 35.3. The van der Waals surface area contributed by atoms with Gasteiger partial charge in [-0.2, -0.15) is 0 Å². The fraction of sp³-hybridized carbons (Fsp3) is 0.423. The molecule has 0 spiro atoms. The SMILES string of the molecule is CC(C)(C)OC(=O)Nc1ccc(C(=O)N2CCC(N)CC2)cc1.Cc1noc(C)c1-c1nc(Cl)ncc1Cl.Cc1noc(C)c1-c1nc(NC2CCN(C(=O)c3ccc(NC(=O)OC(C)(C)C)cc3)CC2)ncc1Cl. The highest BCUT2D eigenvalue weighted by atomic mass is 35.5. The van der Waals surface area contributed by atoms with Crippen LogP contribution < -0.4 is 21.7 Å². The van der Waals surface area contributed by atoms with Gasteiger partial charge in [0.1, 0.15) is 22.7 Å². The van der Waals surface area contributed by atoms with Crippen LogP contribution in [0.15, 0.2) is 70.0 Å². The van der Waals surface area contributed by atoms with Gasteiger partial charge in [-0.15, -0.1) is 0 Å². The lowest BCUT2D eigenvalue weighted by Crippen LogP contribution is -2.42. The van der Waals surface area contributed by atoms with Crippen molar-refractivity contribution in [1.29, 1.82) is 0 Å². The van der Waals surface area contributed by atoms with Crippen LogP contribution >= 0.6 is 34.8 Å². The van der Waals surface area contributed by atoms with Crippen molar-refractivity contribution in [1.82, 2.24) is 40.0 Å². The maximum Gasteiger partial charge on any atom is 0.412 e. The van der Waals surface area contributed by atoms with E-state index in [1.54, 1.807) is 103 Å². The zero-order chi connectivity index (χ0) is 54.8. The summed E-state index contributed by atoms with van der Waals surface area (Å²) in [4.78, 5) is 69.5. The van der Waals surface area contributed by atoms with E-state index in [1.807, 2.05) is 30.6 Å². The molecular weight excluding hydrogens is 1030 g/mol. The highest BCUT2D eigenvalue weighted by Gasteiger charge is 2.27. The monoisotopic (exact) mass is 1090 g/mol. The minimum absolute atomic E-state index is 0.000665. The topological polar surface area (TPSA) is 259 Å². The lowest BCUT2D eigenvalue weighted by Gasteiger charge is -2.32. The van der Waals surface area contributed by atoms with E-state index in [0.29, 0.717) is 93.3 Å². The van der Waals surface area contributed by atoms with Gasteiger partial charge < -0.3 is 39.4 Å². The summed E-state index contributed by atoms with van der Waals surface area (Å²) in [6.07, 6.45) is 5.14. The van der Waals surface area contributed by atoms with E-state index >= 15 is 0 Å². The first-order valence-corrected chi connectivity index (χ1v) is 25.3. The minimum atomic E-state index is -0.585. The molecule has 2 aromatic carbocycles. The number of carbonyl (C=O) groups is 4. The normalized spacial score (nSPS) is 14.2. The molecule has 400 valence electrons. The number of anilines is 3. The molecule has 4 amide bonds. The molecule has 6 aromatic rings. The molecule has 6 heterocycles. The molecule has 2 saturated heterocycles. The number of halogens is 3. The van der Waals surface area contributed by atoms with E-state index in [4.69, 9.17) is 59.1 Å². The van der Waals surface area contributed by atoms with Gasteiger partial charge in [-0.25, -0.2) is 29.5 Å². The molecule has 0 atom stereocenters. The Kier molecular flexibility index (Phi) is 19.2. The Morgan fingerprint density at radius 1 is 0.613 bits per heavy atom. The number of piperidine rings is 2. The number of nitrogens with zero attached hydrogens (tertiary/aromatic N) is 8. The van der Waals surface area contributed by atoms with E-state index in [2.05, 4.69) is 46.2 Å². The molecule has 2 aliphatic heterocycles. The van der Waals surface area contributed by atoms with Crippen LogP contribution in [0.25, 0.3) is 22.5 Å². The van der Waals surface area contributed by atoms with Crippen molar-refractivity contribution in [2.45, 2.75) is 118 Å². The van der Waals surface area contributed by atoms with Crippen molar-refractivity contribution in [3.63, 3.8) is 0 Å². The molecule has 2 fully saturated rings. The number of nitrogens with one attached hydrogen (secondary N) is 3. The summed E-state index contributed by atoms with van der Waals surface area (Å²) in [6.45, 7) is 20.7. The van der Waals surface area contributed by atoms with Crippen LogP contribution in [0, 0.1) is 27.7 Å². The molecule has 8 rings (SSSR count). The highest BCUT2D eigenvalue weighted by molar-refractivity contribution is 6.34. The molecule has 20 nitrogen and oxygen atoms in total. The Bertz CT molecular complexity index is 2900. The Balaban J connectivity index is 0.000000204. The number of aryl methyl sites for hydroxylation is 4. The number of hydrogen-bond acceptors (Lipinski definition) is 16. The van der Waals surface area contributed by atoms with E-state index in [0.717, 1.165) is 42.5 Å². The third-order valence-corrected chi connectivity index (χ3v) is 12.2. The predicted molar refractivity (Wildman–Crippen MR) is 287 cm³/mol. The van der Waals surface area contributed by atoms with Gasteiger partial charge in [0.25, 0.3) is 11.8 Å². The molecule has 75 heavy (non-hydrogen) atoms. The molecule has 4 aromatic heterocycles. The Morgan fingerprint density at radius 2 is 1.01 bits per heavy atom. The van der Waals surface area contributed by atoms with Gasteiger partial charge in [0.2, 0.25) is 11.2 Å². The van der Waals surface area contributed by atoms with Crippen molar-refractivity contribution in [3.05, 3.63) is 110 Å². The zero-order valence-electron chi connectivity index (χ0n) is 43.6. The van der Waals surface area contributed by atoms with Crippen LogP contribution in [0.4, 0.5) is 26.9 Å². The van der Waals surface area contributed by atoms with Gasteiger partial charge in [-0.1, -0.05) is 33.5 Å². The van der Waals surface area contributed by atoms with Crippen molar-refractivity contribution >= 4 is 76.1 Å². The van der Waals surface area contributed by atoms with Gasteiger partial charge in [0.15, 0.2) is 0 Å². The summed E-state index contributed by atoms with van der Waals surface area (Å²) in [5, 5.41) is 17.5. The maximum absolute atomic E-state index is 13.0. The highest BCUT2D eigenvalue weighted by Crippen LogP contribution is 2.33. The van der Waals surface area contributed by atoms with Crippen molar-refractivity contribution in [3.8, 4) is 22.5 Å². The molecule has 0 radical (unpaired) electrons. The number of amides is 4. The lowest BCUT2D eigenvalue weighted by molar-refractivity contribution is 0.0624. The van der Waals surface area contributed by atoms with E-state index in [-0.39, 0.29) is 29.2 Å². The van der Waals surface area contributed by atoms with E-state index in [9.17, 15) is 19.2 Å². The van der Waals surface area contributed by atoms with Gasteiger partial charge in [0, 0.05) is 60.8 Å². The van der Waals surface area contributed by atoms with Crippen LogP contribution in [0.3, 0.4) is 0 Å². The molecule has 23 heteroatoms. The quantitative estimate of drug-likeness (QED) is 0.103. The Hall–Kier alpha value is -6.87. The summed E-state index contributed by atoms with van der Waals surface area (Å²) in [5.74, 6) is 1.72. The first-order valence-electron chi connectivity index (χ1n) is 24.2. The zero-order valence-corrected chi connectivity index (χ0v) is 45.9. The number of hydrogen-bond donors (Lipinski definition) is 4. The van der Waals surface area contributed by atoms with Crippen LogP contribution in [-0.2, 0) is 9.47 Å². The lowest BCUT2D eigenvalue weighted by atomic mass is 10.0. The molecule has 5 N–H and O–H groups in total. The second kappa shape index (κ2) is 25.1. The summed E-state index contributed by atoms with van der Waals surface area (Å²) in [6, 6.07) is 13.9. The van der Waals surface area contributed by atoms with Gasteiger partial charge >= 0.3 is 12.2 Å². The molecule has 0 unspecified atom stereocenters. The van der Waals surface area contributed by atoms with Crippen molar-refractivity contribution in [2.24, 2.45) is 5.73 Å². The fourth-order valence-electron chi connectivity index (χ4n) is 7.89. The summed E-state index contributed by atoms with van der Waals surface area (Å²) in [5.41, 5.74) is 11.1. The van der Waals surface area contributed by atoms with Gasteiger partial charge in [-0.3, -0.25) is 20.2 Å².